The summed E-state index contributed by atoms with van der Waals surface area (Å²) in [5.74, 6) is 0.660. The van der Waals surface area contributed by atoms with E-state index in [9.17, 15) is 0 Å². The quantitative estimate of drug-likeness (QED) is 0.708. The van der Waals surface area contributed by atoms with Gasteiger partial charge in [-0.1, -0.05) is 19.1 Å². The van der Waals surface area contributed by atoms with Crippen LogP contribution in [0, 0.1) is 5.92 Å². The molecule has 1 rings (SSSR count). The molecule has 0 aliphatic heterocycles. The van der Waals surface area contributed by atoms with Crippen molar-refractivity contribution in [3.63, 3.8) is 0 Å². The van der Waals surface area contributed by atoms with Crippen molar-refractivity contribution in [2.45, 2.75) is 32.9 Å². The second kappa shape index (κ2) is 5.99. The summed E-state index contributed by atoms with van der Waals surface area (Å²) in [5.41, 5.74) is 0. The molecule has 1 N–H and O–H groups in total. The molecule has 0 radical (unpaired) electrons. The van der Waals surface area contributed by atoms with Gasteiger partial charge in [0.05, 0.1) is 0 Å². The maximum Gasteiger partial charge on any atom is 0.0302 e. The van der Waals surface area contributed by atoms with Gasteiger partial charge in [0.15, 0.2) is 0 Å². The monoisotopic (exact) mass is 209 g/mol. The summed E-state index contributed by atoms with van der Waals surface area (Å²) >= 11 is 1.81. The molecular weight excluding hydrogens is 190 g/mol. The third-order valence-corrected chi connectivity index (χ3v) is 3.45. The van der Waals surface area contributed by atoms with Crippen LogP contribution in [-0.2, 0) is 6.54 Å². The van der Waals surface area contributed by atoms with Crippen LogP contribution in [-0.4, -0.2) is 6.04 Å². The molecule has 0 bridgehead atoms. The standard InChI is InChI=1S/C12H19NS/c1-4-6-10(2)11(3)13-9-12-7-5-8-14-12/h4-5,7-8,10-11,13H,1,6,9H2,2-3H3. The zero-order valence-corrected chi connectivity index (χ0v) is 9.81. The van der Waals surface area contributed by atoms with E-state index in [1.165, 1.54) is 4.88 Å². The molecule has 2 unspecified atom stereocenters. The van der Waals surface area contributed by atoms with Crippen LogP contribution < -0.4 is 5.32 Å². The largest absolute Gasteiger partial charge is 0.309 e. The van der Waals surface area contributed by atoms with E-state index in [4.69, 9.17) is 0 Å². The molecule has 0 aliphatic rings. The van der Waals surface area contributed by atoms with Gasteiger partial charge in [0.1, 0.15) is 0 Å². The summed E-state index contributed by atoms with van der Waals surface area (Å²) in [6.07, 6.45) is 3.08. The fourth-order valence-electron chi connectivity index (χ4n) is 1.34. The van der Waals surface area contributed by atoms with Crippen molar-refractivity contribution in [1.29, 1.82) is 0 Å². The van der Waals surface area contributed by atoms with Crippen LogP contribution in [0.25, 0.3) is 0 Å². The Morgan fingerprint density at radius 3 is 2.93 bits per heavy atom. The second-order valence-electron chi connectivity index (χ2n) is 3.75. The van der Waals surface area contributed by atoms with Crippen molar-refractivity contribution in [2.75, 3.05) is 0 Å². The second-order valence-corrected chi connectivity index (χ2v) is 4.78. The smallest absolute Gasteiger partial charge is 0.0302 e. The Hall–Kier alpha value is -0.600. The summed E-state index contributed by atoms with van der Waals surface area (Å²) in [5, 5.41) is 5.65. The van der Waals surface area contributed by atoms with E-state index >= 15 is 0 Å². The molecule has 2 atom stereocenters. The maximum atomic E-state index is 3.77. The average Bonchev–Trinajstić information content (AvgIpc) is 2.67. The zero-order chi connectivity index (χ0) is 10.4. The number of hydrogen-bond donors (Lipinski definition) is 1. The van der Waals surface area contributed by atoms with Crippen molar-refractivity contribution >= 4 is 11.3 Å². The number of allylic oxidation sites excluding steroid dienone is 1. The normalized spacial score (nSPS) is 15.0. The van der Waals surface area contributed by atoms with Gasteiger partial charge in [0, 0.05) is 17.5 Å². The molecule has 0 aromatic carbocycles. The Bertz CT molecular complexity index is 253. The van der Waals surface area contributed by atoms with Gasteiger partial charge in [-0.2, -0.15) is 0 Å². The average molecular weight is 209 g/mol. The van der Waals surface area contributed by atoms with Crippen LogP contribution in [0.5, 0.6) is 0 Å². The number of rotatable bonds is 6. The van der Waals surface area contributed by atoms with Crippen LogP contribution >= 0.6 is 11.3 Å². The third-order valence-electron chi connectivity index (χ3n) is 2.57. The van der Waals surface area contributed by atoms with Gasteiger partial charge in [-0.15, -0.1) is 17.9 Å². The minimum Gasteiger partial charge on any atom is -0.309 e. The topological polar surface area (TPSA) is 12.0 Å². The van der Waals surface area contributed by atoms with E-state index in [2.05, 4.69) is 43.3 Å². The lowest BCUT2D eigenvalue weighted by molar-refractivity contribution is 0.403. The fourth-order valence-corrected chi connectivity index (χ4v) is 2.00. The molecule has 14 heavy (non-hydrogen) atoms. The minimum absolute atomic E-state index is 0.551. The SMILES string of the molecule is C=CCC(C)C(C)NCc1cccs1. The molecule has 0 saturated heterocycles. The van der Waals surface area contributed by atoms with E-state index < -0.39 is 0 Å². The van der Waals surface area contributed by atoms with E-state index in [1.807, 2.05) is 17.4 Å². The highest BCUT2D eigenvalue weighted by atomic mass is 32.1. The van der Waals surface area contributed by atoms with Gasteiger partial charge in [-0.25, -0.2) is 0 Å². The number of hydrogen-bond acceptors (Lipinski definition) is 2. The predicted octanol–water partition coefficient (Wildman–Crippen LogP) is 3.44. The summed E-state index contributed by atoms with van der Waals surface area (Å²) in [6, 6.07) is 4.82. The molecule has 1 heterocycles. The summed E-state index contributed by atoms with van der Waals surface area (Å²) in [7, 11) is 0. The fraction of sp³-hybridized carbons (Fsp3) is 0.500. The Morgan fingerprint density at radius 1 is 1.57 bits per heavy atom. The zero-order valence-electron chi connectivity index (χ0n) is 8.99. The third kappa shape index (κ3) is 3.64. The van der Waals surface area contributed by atoms with Crippen molar-refractivity contribution in [2.24, 2.45) is 5.92 Å². The van der Waals surface area contributed by atoms with Gasteiger partial charge < -0.3 is 5.32 Å². The van der Waals surface area contributed by atoms with E-state index in [0.717, 1.165) is 13.0 Å². The van der Waals surface area contributed by atoms with E-state index in [-0.39, 0.29) is 0 Å². The van der Waals surface area contributed by atoms with Crippen molar-refractivity contribution < 1.29 is 0 Å². The predicted molar refractivity (Wildman–Crippen MR) is 64.6 cm³/mol. The lowest BCUT2D eigenvalue weighted by Crippen LogP contribution is -2.31. The lowest BCUT2D eigenvalue weighted by Gasteiger charge is -2.19. The maximum absolute atomic E-state index is 3.77. The van der Waals surface area contributed by atoms with Crippen LogP contribution in [0.3, 0.4) is 0 Å². The molecule has 78 valence electrons. The number of thiophene rings is 1. The molecule has 0 aliphatic carbocycles. The lowest BCUT2D eigenvalue weighted by atomic mass is 10.00. The minimum atomic E-state index is 0.551. The molecule has 0 amide bonds. The van der Waals surface area contributed by atoms with Gasteiger partial charge in [-0.3, -0.25) is 0 Å². The first-order valence-electron chi connectivity index (χ1n) is 5.10. The van der Waals surface area contributed by atoms with Crippen molar-refractivity contribution in [1.82, 2.24) is 5.32 Å². The molecule has 0 spiro atoms. The van der Waals surface area contributed by atoms with Crippen LogP contribution in [0.15, 0.2) is 30.2 Å². The molecule has 2 heteroatoms. The van der Waals surface area contributed by atoms with Crippen molar-refractivity contribution in [3.05, 3.63) is 35.0 Å². The van der Waals surface area contributed by atoms with Crippen LogP contribution in [0.4, 0.5) is 0 Å². The van der Waals surface area contributed by atoms with Gasteiger partial charge in [0.2, 0.25) is 0 Å². The van der Waals surface area contributed by atoms with Crippen LogP contribution in [0.2, 0.25) is 0 Å². The Labute approximate surface area is 90.9 Å². The molecular formula is C12H19NS. The molecule has 1 aromatic rings. The van der Waals surface area contributed by atoms with Gasteiger partial charge >= 0.3 is 0 Å². The number of nitrogens with one attached hydrogen (secondary N) is 1. The van der Waals surface area contributed by atoms with E-state index in [0.29, 0.717) is 12.0 Å². The van der Waals surface area contributed by atoms with E-state index in [1.54, 1.807) is 0 Å². The summed E-state index contributed by atoms with van der Waals surface area (Å²) < 4.78 is 0. The Balaban J connectivity index is 2.27. The van der Waals surface area contributed by atoms with Crippen LogP contribution in [0.1, 0.15) is 25.1 Å². The first-order chi connectivity index (χ1) is 6.74. The molecule has 0 saturated carbocycles. The molecule has 1 aromatic heterocycles. The highest BCUT2D eigenvalue weighted by molar-refractivity contribution is 7.09. The summed E-state index contributed by atoms with van der Waals surface area (Å²) in [6.45, 7) is 9.25. The van der Waals surface area contributed by atoms with Crippen molar-refractivity contribution in [3.8, 4) is 0 Å². The molecule has 0 fully saturated rings. The first kappa shape index (κ1) is 11.5. The Morgan fingerprint density at radius 2 is 2.36 bits per heavy atom. The first-order valence-corrected chi connectivity index (χ1v) is 5.98. The Kier molecular flexibility index (Phi) is 4.91. The summed E-state index contributed by atoms with van der Waals surface area (Å²) in [4.78, 5) is 1.41. The van der Waals surface area contributed by atoms with Gasteiger partial charge in [-0.05, 0) is 30.7 Å². The van der Waals surface area contributed by atoms with Gasteiger partial charge in [0.25, 0.3) is 0 Å². The highest BCUT2D eigenvalue weighted by Gasteiger charge is 2.09. The molecule has 1 nitrogen and oxygen atoms in total. The highest BCUT2D eigenvalue weighted by Crippen LogP contribution is 2.11.